The number of carbonyl (C=O) groups excluding carboxylic acids is 2. The number of rotatable bonds is 3. The summed E-state index contributed by atoms with van der Waals surface area (Å²) in [6.07, 6.45) is 0.198. The van der Waals surface area contributed by atoms with E-state index in [1.807, 2.05) is 13.0 Å². The van der Waals surface area contributed by atoms with Gasteiger partial charge in [0.05, 0.1) is 12.1 Å². The number of nitrogens with one attached hydrogen (secondary N) is 1. The second kappa shape index (κ2) is 5.06. The molecule has 1 saturated heterocycles. The number of hydrogen-bond donors (Lipinski definition) is 1. The summed E-state index contributed by atoms with van der Waals surface area (Å²) < 4.78 is 0.914. The fraction of sp³-hybridized carbons (Fsp3) is 0.417. The molecule has 1 N–H and O–H groups in total. The van der Waals surface area contributed by atoms with Crippen molar-refractivity contribution in [1.82, 2.24) is 9.88 Å². The molecule has 5 nitrogen and oxygen atoms in total. The van der Waals surface area contributed by atoms with E-state index in [2.05, 4.69) is 26.2 Å². The second-order valence-electron chi connectivity index (χ2n) is 4.14. The number of nitrogens with zero attached hydrogens (tertiary/aromatic N) is 2. The standard InChI is InChI=1S/C12H14BrN3O2/c1-3-16-11(17)6-9(12(16)18)15-10-5-4-8(13)7(2)14-10/h4-5,9H,3,6H2,1-2H3,(H,14,15). The van der Waals surface area contributed by atoms with Gasteiger partial charge in [0.15, 0.2) is 0 Å². The molecule has 1 unspecified atom stereocenters. The van der Waals surface area contributed by atoms with Crippen molar-refractivity contribution in [1.29, 1.82) is 0 Å². The largest absolute Gasteiger partial charge is 0.358 e. The maximum absolute atomic E-state index is 11.9. The third kappa shape index (κ3) is 2.38. The Morgan fingerprint density at radius 2 is 2.22 bits per heavy atom. The van der Waals surface area contributed by atoms with Gasteiger partial charge in [-0.25, -0.2) is 4.98 Å². The van der Waals surface area contributed by atoms with Gasteiger partial charge in [-0.3, -0.25) is 14.5 Å². The Bertz CT molecular complexity index is 504. The lowest BCUT2D eigenvalue weighted by molar-refractivity contribution is -0.138. The predicted molar refractivity (Wildman–Crippen MR) is 71.1 cm³/mol. The number of aromatic nitrogens is 1. The van der Waals surface area contributed by atoms with Gasteiger partial charge in [0, 0.05) is 11.0 Å². The summed E-state index contributed by atoms with van der Waals surface area (Å²) in [5, 5.41) is 3.01. The van der Waals surface area contributed by atoms with Crippen LogP contribution in [0.15, 0.2) is 16.6 Å². The summed E-state index contributed by atoms with van der Waals surface area (Å²) in [7, 11) is 0. The first-order valence-corrected chi connectivity index (χ1v) is 6.56. The number of aryl methyl sites for hydroxylation is 1. The number of amides is 2. The highest BCUT2D eigenvalue weighted by atomic mass is 79.9. The van der Waals surface area contributed by atoms with Crippen molar-refractivity contribution in [2.24, 2.45) is 0 Å². The normalized spacial score (nSPS) is 19.5. The minimum atomic E-state index is -0.495. The number of carbonyl (C=O) groups is 2. The number of likely N-dealkylation sites (tertiary alicyclic amines) is 1. The molecule has 2 rings (SSSR count). The van der Waals surface area contributed by atoms with Crippen LogP contribution in [0.3, 0.4) is 0 Å². The molecule has 1 aliphatic rings. The molecule has 1 fully saturated rings. The average Bonchev–Trinajstić information content (AvgIpc) is 2.59. The Morgan fingerprint density at radius 1 is 1.50 bits per heavy atom. The van der Waals surface area contributed by atoms with Gasteiger partial charge in [-0.15, -0.1) is 0 Å². The maximum atomic E-state index is 11.9. The smallest absolute Gasteiger partial charge is 0.252 e. The first kappa shape index (κ1) is 13.0. The van der Waals surface area contributed by atoms with Crippen LogP contribution < -0.4 is 5.32 Å². The molecule has 0 bridgehead atoms. The van der Waals surface area contributed by atoms with Gasteiger partial charge < -0.3 is 5.32 Å². The van der Waals surface area contributed by atoms with Gasteiger partial charge in [0.1, 0.15) is 11.9 Å². The first-order valence-electron chi connectivity index (χ1n) is 5.76. The summed E-state index contributed by atoms with van der Waals surface area (Å²) in [5.41, 5.74) is 0.837. The third-order valence-corrected chi connectivity index (χ3v) is 3.74. The molecular weight excluding hydrogens is 298 g/mol. The Labute approximate surface area is 114 Å². The van der Waals surface area contributed by atoms with Gasteiger partial charge in [0.25, 0.3) is 5.91 Å². The number of imide groups is 1. The zero-order chi connectivity index (χ0) is 13.3. The van der Waals surface area contributed by atoms with Crippen LogP contribution in [0.25, 0.3) is 0 Å². The Balaban J connectivity index is 2.13. The molecule has 6 heteroatoms. The monoisotopic (exact) mass is 311 g/mol. The van der Waals surface area contributed by atoms with E-state index in [1.165, 1.54) is 4.90 Å². The molecule has 0 saturated carbocycles. The van der Waals surface area contributed by atoms with E-state index in [-0.39, 0.29) is 18.2 Å². The quantitative estimate of drug-likeness (QED) is 0.863. The summed E-state index contributed by atoms with van der Waals surface area (Å²) in [5.74, 6) is 0.304. The van der Waals surface area contributed by atoms with Crippen molar-refractivity contribution in [3.8, 4) is 0 Å². The Morgan fingerprint density at radius 3 is 2.78 bits per heavy atom. The third-order valence-electron chi connectivity index (χ3n) is 2.90. The number of pyridine rings is 1. The minimum absolute atomic E-state index is 0.131. The van der Waals surface area contributed by atoms with Crippen molar-refractivity contribution in [3.63, 3.8) is 0 Å². The van der Waals surface area contributed by atoms with Crippen molar-refractivity contribution >= 4 is 33.6 Å². The van der Waals surface area contributed by atoms with Gasteiger partial charge in [-0.1, -0.05) is 0 Å². The van der Waals surface area contributed by atoms with Crippen LogP contribution in [0.2, 0.25) is 0 Å². The summed E-state index contributed by atoms with van der Waals surface area (Å²) in [6, 6.07) is 3.15. The zero-order valence-electron chi connectivity index (χ0n) is 10.2. The van der Waals surface area contributed by atoms with E-state index in [9.17, 15) is 9.59 Å². The Kier molecular flexibility index (Phi) is 3.65. The molecule has 1 atom stereocenters. The van der Waals surface area contributed by atoms with Crippen LogP contribution in [0.5, 0.6) is 0 Å². The molecule has 2 heterocycles. The van der Waals surface area contributed by atoms with Crippen LogP contribution in [0.1, 0.15) is 19.0 Å². The summed E-state index contributed by atoms with van der Waals surface area (Å²) >= 11 is 3.36. The van der Waals surface area contributed by atoms with Crippen molar-refractivity contribution in [3.05, 3.63) is 22.3 Å². The minimum Gasteiger partial charge on any atom is -0.358 e. The molecule has 0 aliphatic carbocycles. The molecule has 0 aromatic carbocycles. The SMILES string of the molecule is CCN1C(=O)CC(Nc2ccc(Br)c(C)n2)C1=O. The van der Waals surface area contributed by atoms with Crippen LogP contribution in [-0.4, -0.2) is 34.3 Å². The molecule has 1 aliphatic heterocycles. The van der Waals surface area contributed by atoms with Gasteiger partial charge in [-0.2, -0.15) is 0 Å². The van der Waals surface area contributed by atoms with E-state index in [0.717, 1.165) is 10.2 Å². The van der Waals surface area contributed by atoms with E-state index < -0.39 is 6.04 Å². The summed E-state index contributed by atoms with van der Waals surface area (Å²) in [4.78, 5) is 29.1. The highest BCUT2D eigenvalue weighted by Crippen LogP contribution is 2.20. The predicted octanol–water partition coefficient (Wildman–Crippen LogP) is 1.71. The molecule has 2 amide bonds. The van der Waals surface area contributed by atoms with E-state index >= 15 is 0 Å². The number of halogens is 1. The highest BCUT2D eigenvalue weighted by molar-refractivity contribution is 9.10. The topological polar surface area (TPSA) is 62.3 Å². The number of anilines is 1. The van der Waals surface area contributed by atoms with E-state index in [4.69, 9.17) is 0 Å². The lowest BCUT2D eigenvalue weighted by Crippen LogP contribution is -2.34. The molecule has 0 spiro atoms. The van der Waals surface area contributed by atoms with Crippen LogP contribution in [0.4, 0.5) is 5.82 Å². The van der Waals surface area contributed by atoms with Crippen LogP contribution >= 0.6 is 15.9 Å². The average molecular weight is 312 g/mol. The van der Waals surface area contributed by atoms with Crippen LogP contribution in [0, 0.1) is 6.92 Å². The van der Waals surface area contributed by atoms with Gasteiger partial charge in [-0.05, 0) is 41.9 Å². The van der Waals surface area contributed by atoms with Crippen molar-refractivity contribution in [2.45, 2.75) is 26.3 Å². The fourth-order valence-corrected chi connectivity index (χ4v) is 2.15. The van der Waals surface area contributed by atoms with E-state index in [0.29, 0.717) is 12.4 Å². The molecule has 96 valence electrons. The lowest BCUT2D eigenvalue weighted by Gasteiger charge is -2.14. The number of hydrogen-bond acceptors (Lipinski definition) is 4. The molecule has 1 aromatic heterocycles. The fourth-order valence-electron chi connectivity index (χ4n) is 1.93. The highest BCUT2D eigenvalue weighted by Gasteiger charge is 2.37. The van der Waals surface area contributed by atoms with Gasteiger partial charge in [0.2, 0.25) is 5.91 Å². The molecule has 18 heavy (non-hydrogen) atoms. The number of likely N-dealkylation sites (N-methyl/N-ethyl adjacent to an activating group) is 1. The maximum Gasteiger partial charge on any atom is 0.252 e. The Hall–Kier alpha value is -1.43. The zero-order valence-corrected chi connectivity index (χ0v) is 11.8. The van der Waals surface area contributed by atoms with Crippen molar-refractivity contribution in [2.75, 3.05) is 11.9 Å². The molecule has 1 aromatic rings. The summed E-state index contributed by atoms with van der Waals surface area (Å²) in [6.45, 7) is 4.08. The lowest BCUT2D eigenvalue weighted by atomic mass is 10.2. The van der Waals surface area contributed by atoms with E-state index in [1.54, 1.807) is 13.0 Å². The first-order chi connectivity index (χ1) is 8.52. The molecular formula is C12H14BrN3O2. The second-order valence-corrected chi connectivity index (χ2v) is 5.00. The van der Waals surface area contributed by atoms with Crippen molar-refractivity contribution < 1.29 is 9.59 Å². The van der Waals surface area contributed by atoms with Crippen LogP contribution in [-0.2, 0) is 9.59 Å². The molecule has 0 radical (unpaired) electrons. The van der Waals surface area contributed by atoms with Gasteiger partial charge >= 0.3 is 0 Å².